The van der Waals surface area contributed by atoms with Crippen LogP contribution in [-0.2, 0) is 40.1 Å². The number of rotatable bonds is 8. The van der Waals surface area contributed by atoms with E-state index in [-0.39, 0.29) is 109 Å². The number of hydrogen-bond donors (Lipinski definition) is 6. The minimum absolute atomic E-state index is 0.0492. The molecule has 370 valence electrons. The standard InChI is InChI=1S/C44H26Cl8N8O8S4/c45-17-1-13-29(69(53,61)62)41(49)33(17)37-21-5-7-23(57-21)38(34-18(46)2-14-30(42(34)50)70(54,63)64)25-9-11-27(59-25)40(36-20(48)4-16-32(44(36)52)72(56,67)68)28-12-10-26(60-28)39(24-8-6-22(37)58-24)35-19(47)3-15-31(43(35)51)71(55,65)66/h1-16,57,60H,(H2,53,61,62)(H2,54,63,64)(H2,55,65,66)(H2,56,67,68). The lowest BCUT2D eigenvalue weighted by atomic mass is 10.0. The maximum Gasteiger partial charge on any atom is 0.239 e. The summed E-state index contributed by atoms with van der Waals surface area (Å²) in [6, 6.07) is 15.6. The molecule has 2 aliphatic heterocycles. The van der Waals surface area contributed by atoms with Gasteiger partial charge < -0.3 is 9.97 Å². The molecule has 0 amide bonds. The Morgan fingerprint density at radius 2 is 0.500 bits per heavy atom. The van der Waals surface area contributed by atoms with Crippen LogP contribution in [0.5, 0.6) is 0 Å². The second-order valence-corrected chi connectivity index (χ2v) is 24.9. The third-order valence-corrected chi connectivity index (χ3v) is 18.3. The molecule has 3 aromatic heterocycles. The monoisotopic (exact) mass is 1200 g/mol. The zero-order valence-corrected chi connectivity index (χ0v) is 44.7. The molecule has 9 rings (SSSR count). The van der Waals surface area contributed by atoms with Crippen LogP contribution in [0.25, 0.3) is 90.9 Å². The van der Waals surface area contributed by atoms with Crippen LogP contribution < -0.4 is 20.6 Å². The molecule has 7 aromatic rings. The maximum atomic E-state index is 12.9. The van der Waals surface area contributed by atoms with Crippen LogP contribution in [0.2, 0.25) is 40.2 Å². The molecular weight excluding hydrogens is 1180 g/mol. The highest BCUT2D eigenvalue weighted by Crippen LogP contribution is 2.49. The Bertz CT molecular complexity index is 3800. The number of sulfonamides is 4. The number of hydrogen-bond acceptors (Lipinski definition) is 10. The quantitative estimate of drug-likeness (QED) is 0.0836. The molecule has 0 fully saturated rings. The van der Waals surface area contributed by atoms with Crippen molar-refractivity contribution in [3.63, 3.8) is 0 Å². The Morgan fingerprint density at radius 1 is 0.306 bits per heavy atom. The largest absolute Gasteiger partial charge is 0.354 e. The zero-order valence-electron chi connectivity index (χ0n) is 35.4. The van der Waals surface area contributed by atoms with Crippen molar-refractivity contribution in [3.8, 4) is 44.5 Å². The molecule has 0 atom stereocenters. The summed E-state index contributed by atoms with van der Waals surface area (Å²) < 4.78 is 104. The van der Waals surface area contributed by atoms with Gasteiger partial charge in [0, 0.05) is 66.6 Å². The number of primary sulfonamides is 4. The number of H-pyrrole nitrogens is 2. The van der Waals surface area contributed by atoms with Gasteiger partial charge in [-0.25, -0.2) is 64.2 Å². The molecule has 16 nitrogen and oxygen atoms in total. The molecule has 0 saturated heterocycles. The number of nitrogens with one attached hydrogen (secondary N) is 2. The van der Waals surface area contributed by atoms with E-state index in [0.717, 1.165) is 24.3 Å². The van der Waals surface area contributed by atoms with Crippen molar-refractivity contribution in [2.75, 3.05) is 0 Å². The van der Waals surface area contributed by atoms with Crippen molar-refractivity contribution in [2.45, 2.75) is 19.6 Å². The third kappa shape index (κ3) is 9.25. The van der Waals surface area contributed by atoms with Crippen molar-refractivity contribution in [3.05, 3.63) is 136 Å². The lowest BCUT2D eigenvalue weighted by molar-refractivity contribution is 0.596. The summed E-state index contributed by atoms with van der Waals surface area (Å²) >= 11 is 55.4. The minimum atomic E-state index is -4.50. The van der Waals surface area contributed by atoms with Crippen LogP contribution in [-0.4, -0.2) is 53.6 Å². The summed E-state index contributed by atoms with van der Waals surface area (Å²) in [7, 11) is -18.0. The number of nitrogens with two attached hydrogens (primary N) is 4. The molecule has 0 saturated carbocycles. The van der Waals surface area contributed by atoms with E-state index in [1.54, 1.807) is 0 Å². The van der Waals surface area contributed by atoms with Gasteiger partial charge >= 0.3 is 0 Å². The molecule has 8 bridgehead atoms. The smallest absolute Gasteiger partial charge is 0.239 e. The van der Waals surface area contributed by atoms with E-state index in [4.69, 9.17) is 123 Å². The van der Waals surface area contributed by atoms with E-state index in [1.807, 2.05) is 0 Å². The molecule has 5 heterocycles. The van der Waals surface area contributed by atoms with Crippen LogP contribution in [0.4, 0.5) is 0 Å². The molecule has 0 unspecified atom stereocenters. The Hall–Kier alpha value is -4.56. The predicted molar refractivity (Wildman–Crippen MR) is 286 cm³/mol. The van der Waals surface area contributed by atoms with Crippen LogP contribution in [0, 0.1) is 0 Å². The van der Waals surface area contributed by atoms with E-state index in [9.17, 15) is 33.7 Å². The summed E-state index contributed by atoms with van der Waals surface area (Å²) in [5, 5.41) is 20.5. The molecular formula is C44H26Cl8N8O8S4. The first kappa shape index (κ1) is 52.3. The Labute approximate surface area is 449 Å². The van der Waals surface area contributed by atoms with Gasteiger partial charge in [-0.05, 0) is 97.1 Å². The normalized spacial score (nSPS) is 13.1. The minimum Gasteiger partial charge on any atom is -0.354 e. The number of halogens is 8. The first-order valence-corrected chi connectivity index (χ1v) is 29.0. The fraction of sp³-hybridized carbons (Fsp3) is 0. The Balaban J connectivity index is 1.59. The SMILES string of the molecule is NS(=O)(=O)c1ccc(Cl)c(-c2c3nc(c(-c4c(Cl)ccc(S(N)(=O)=O)c4Cl)c4ccc([nH]4)c(-c4c(Cl)ccc(S(N)(=O)=O)c4Cl)c4nc(c(-c5c(Cl)ccc(S(N)(=O)=O)c5Cl)c5ccc2[nH]5)C=C4)C=C3)c1Cl. The number of nitrogens with zero attached hydrogens (tertiary/aromatic N) is 2. The maximum absolute atomic E-state index is 12.9. The molecule has 10 N–H and O–H groups in total. The van der Waals surface area contributed by atoms with Crippen molar-refractivity contribution >= 4 is 179 Å². The van der Waals surface area contributed by atoms with E-state index < -0.39 is 79.8 Å². The van der Waals surface area contributed by atoms with Gasteiger partial charge in [-0.1, -0.05) is 92.8 Å². The van der Waals surface area contributed by atoms with Crippen molar-refractivity contribution in [2.24, 2.45) is 20.6 Å². The van der Waals surface area contributed by atoms with Crippen LogP contribution in [0.3, 0.4) is 0 Å². The Kier molecular flexibility index (Phi) is 13.6. The molecule has 28 heteroatoms. The summed E-state index contributed by atoms with van der Waals surface area (Å²) in [5.74, 6) is 0. The summed E-state index contributed by atoms with van der Waals surface area (Å²) in [6.07, 6.45) is 6.01. The lowest BCUT2D eigenvalue weighted by Crippen LogP contribution is -2.13. The van der Waals surface area contributed by atoms with E-state index >= 15 is 0 Å². The number of benzene rings is 4. The van der Waals surface area contributed by atoms with Crippen LogP contribution in [0.1, 0.15) is 22.8 Å². The first-order valence-electron chi connectivity index (χ1n) is 19.8. The average Bonchev–Trinajstić information content (AvgIpc) is 4.11. The second kappa shape index (κ2) is 18.7. The van der Waals surface area contributed by atoms with Gasteiger partial charge in [0.2, 0.25) is 40.1 Å². The number of aromatic nitrogens is 4. The van der Waals surface area contributed by atoms with Crippen molar-refractivity contribution in [1.82, 2.24) is 19.9 Å². The van der Waals surface area contributed by atoms with Crippen LogP contribution in [0.15, 0.2) is 92.4 Å². The highest BCUT2D eigenvalue weighted by Gasteiger charge is 2.30. The molecule has 2 aliphatic rings. The summed E-state index contributed by atoms with van der Waals surface area (Å²) in [5.41, 5.74) is 0.634. The zero-order chi connectivity index (χ0) is 52.3. The predicted octanol–water partition coefficient (Wildman–Crippen LogP) is 11.1. The van der Waals surface area contributed by atoms with Crippen molar-refractivity contribution in [1.29, 1.82) is 0 Å². The van der Waals surface area contributed by atoms with E-state index in [0.29, 0.717) is 0 Å². The third-order valence-electron chi connectivity index (χ3n) is 11.2. The molecule has 72 heavy (non-hydrogen) atoms. The highest BCUT2D eigenvalue weighted by molar-refractivity contribution is 7.90. The fourth-order valence-corrected chi connectivity index (χ4v) is 14.2. The van der Waals surface area contributed by atoms with Crippen molar-refractivity contribution < 1.29 is 33.7 Å². The van der Waals surface area contributed by atoms with E-state index in [2.05, 4.69) is 9.97 Å². The second-order valence-electron chi connectivity index (χ2n) is 15.6. The van der Waals surface area contributed by atoms with Gasteiger partial charge in [0.25, 0.3) is 0 Å². The highest BCUT2D eigenvalue weighted by atomic mass is 35.5. The van der Waals surface area contributed by atoms with Gasteiger partial charge in [0.05, 0.1) is 63.0 Å². The van der Waals surface area contributed by atoms with Gasteiger partial charge in [0.1, 0.15) is 19.6 Å². The fourth-order valence-electron chi connectivity index (χ4n) is 8.19. The topological polar surface area (TPSA) is 298 Å². The number of aromatic amines is 2. The van der Waals surface area contributed by atoms with Gasteiger partial charge in [-0.15, -0.1) is 0 Å². The molecule has 4 aromatic carbocycles. The summed E-state index contributed by atoms with van der Waals surface area (Å²) in [6.45, 7) is 0. The van der Waals surface area contributed by atoms with Crippen LogP contribution >= 0.6 is 92.8 Å². The lowest BCUT2D eigenvalue weighted by Gasteiger charge is -2.14. The summed E-state index contributed by atoms with van der Waals surface area (Å²) in [4.78, 5) is 14.5. The van der Waals surface area contributed by atoms with Gasteiger partial charge in [0.15, 0.2) is 0 Å². The molecule has 0 radical (unpaired) electrons. The van der Waals surface area contributed by atoms with E-state index in [1.165, 1.54) is 72.8 Å². The van der Waals surface area contributed by atoms with Gasteiger partial charge in [-0.3, -0.25) is 0 Å². The number of fused-ring (bicyclic) bond motifs is 8. The molecule has 0 spiro atoms. The first-order chi connectivity index (χ1) is 33.6. The van der Waals surface area contributed by atoms with Gasteiger partial charge in [-0.2, -0.15) is 0 Å². The average molecular weight is 1210 g/mol. The Morgan fingerprint density at radius 3 is 0.681 bits per heavy atom. The molecule has 0 aliphatic carbocycles.